The zero-order valence-corrected chi connectivity index (χ0v) is 22.9. The van der Waals surface area contributed by atoms with Gasteiger partial charge in [-0.25, -0.2) is 9.37 Å². The lowest BCUT2D eigenvalue weighted by Gasteiger charge is -2.32. The highest BCUT2D eigenvalue weighted by Crippen LogP contribution is 2.39. The van der Waals surface area contributed by atoms with Crippen LogP contribution in [0.4, 0.5) is 4.39 Å². The van der Waals surface area contributed by atoms with Crippen molar-refractivity contribution >= 4 is 22.9 Å². The molecule has 2 aliphatic rings. The van der Waals surface area contributed by atoms with E-state index in [0.29, 0.717) is 48.1 Å². The van der Waals surface area contributed by atoms with E-state index in [1.807, 2.05) is 6.92 Å². The summed E-state index contributed by atoms with van der Waals surface area (Å²) in [6.07, 6.45) is 6.14. The number of aromatic nitrogens is 4. The number of ether oxygens (including phenoxy) is 2. The third-order valence-electron chi connectivity index (χ3n) is 8.35. The van der Waals surface area contributed by atoms with Crippen LogP contribution in [0, 0.1) is 23.6 Å². The van der Waals surface area contributed by atoms with Gasteiger partial charge in [0.25, 0.3) is 5.91 Å². The van der Waals surface area contributed by atoms with E-state index in [1.165, 1.54) is 0 Å². The molecule has 1 amide bonds. The lowest BCUT2D eigenvalue weighted by atomic mass is 9.79. The number of aryl methyl sites for hydroxylation is 1. The summed E-state index contributed by atoms with van der Waals surface area (Å²) >= 11 is 0. The van der Waals surface area contributed by atoms with Gasteiger partial charge in [-0.3, -0.25) is 14.3 Å². The largest absolute Gasteiger partial charge is 0.466 e. The van der Waals surface area contributed by atoms with Gasteiger partial charge < -0.3 is 19.8 Å². The minimum absolute atomic E-state index is 0.172. The Labute approximate surface area is 227 Å². The molecule has 2 unspecified atom stereocenters. The predicted molar refractivity (Wildman–Crippen MR) is 144 cm³/mol. The lowest BCUT2D eigenvalue weighted by molar-refractivity contribution is -0.152. The molecule has 3 heterocycles. The third-order valence-corrected chi connectivity index (χ3v) is 8.35. The van der Waals surface area contributed by atoms with Crippen molar-refractivity contribution in [3.05, 3.63) is 47.3 Å². The Balaban J connectivity index is 1.48. The SMILES string of the molecule is CCOC(=O)C1CCOCC1c1ccc2nc([C@@H](NC(=O)c3ccnn3CC)[C@H]3CC[C@H](C)CC3)[nH]c2c1F. The fraction of sp³-hybridized carbons (Fsp3) is 0.586. The molecule has 210 valence electrons. The van der Waals surface area contributed by atoms with Crippen LogP contribution >= 0.6 is 0 Å². The Morgan fingerprint density at radius 3 is 2.74 bits per heavy atom. The number of aromatic amines is 1. The number of benzene rings is 1. The molecule has 10 heteroatoms. The van der Waals surface area contributed by atoms with Crippen LogP contribution in [0.1, 0.15) is 86.7 Å². The van der Waals surface area contributed by atoms with Crippen LogP contribution in [-0.2, 0) is 20.8 Å². The molecule has 1 aliphatic carbocycles. The van der Waals surface area contributed by atoms with E-state index < -0.39 is 23.7 Å². The monoisotopic (exact) mass is 539 g/mol. The summed E-state index contributed by atoms with van der Waals surface area (Å²) in [6, 6.07) is 4.78. The molecule has 9 nitrogen and oxygen atoms in total. The number of fused-ring (bicyclic) bond motifs is 1. The highest BCUT2D eigenvalue weighted by atomic mass is 19.1. The van der Waals surface area contributed by atoms with Crippen LogP contribution in [0.3, 0.4) is 0 Å². The number of halogens is 1. The second kappa shape index (κ2) is 11.9. The molecule has 2 N–H and O–H groups in total. The van der Waals surface area contributed by atoms with Crippen molar-refractivity contribution < 1.29 is 23.5 Å². The molecule has 2 fully saturated rings. The summed E-state index contributed by atoms with van der Waals surface area (Å²) in [4.78, 5) is 33.9. The number of hydrogen-bond donors (Lipinski definition) is 2. The van der Waals surface area contributed by atoms with Gasteiger partial charge in [-0.1, -0.05) is 25.8 Å². The van der Waals surface area contributed by atoms with Crippen molar-refractivity contribution in [2.24, 2.45) is 17.8 Å². The molecule has 39 heavy (non-hydrogen) atoms. The molecule has 0 spiro atoms. The van der Waals surface area contributed by atoms with Crippen molar-refractivity contribution in [2.45, 2.75) is 71.4 Å². The van der Waals surface area contributed by atoms with E-state index >= 15 is 4.39 Å². The summed E-state index contributed by atoms with van der Waals surface area (Å²) < 4.78 is 28.6. The average molecular weight is 540 g/mol. The van der Waals surface area contributed by atoms with Crippen LogP contribution in [-0.4, -0.2) is 51.4 Å². The second-order valence-electron chi connectivity index (χ2n) is 10.8. The van der Waals surface area contributed by atoms with Crippen molar-refractivity contribution in [2.75, 3.05) is 19.8 Å². The fourth-order valence-electron chi connectivity index (χ4n) is 6.11. The molecule has 1 saturated carbocycles. The Morgan fingerprint density at radius 1 is 1.21 bits per heavy atom. The number of nitrogens with zero attached hydrogens (tertiary/aromatic N) is 3. The van der Waals surface area contributed by atoms with Gasteiger partial charge in [0.1, 0.15) is 17.0 Å². The summed E-state index contributed by atoms with van der Waals surface area (Å²) in [5.74, 6) is -0.550. The maximum Gasteiger partial charge on any atom is 0.309 e. The third kappa shape index (κ3) is 5.57. The summed E-state index contributed by atoms with van der Waals surface area (Å²) in [7, 11) is 0. The number of nitrogens with one attached hydrogen (secondary N) is 2. The van der Waals surface area contributed by atoms with Crippen molar-refractivity contribution in [3.8, 4) is 0 Å². The number of imidazole rings is 1. The van der Waals surface area contributed by atoms with E-state index in [-0.39, 0.29) is 36.5 Å². The second-order valence-corrected chi connectivity index (χ2v) is 10.8. The van der Waals surface area contributed by atoms with Crippen molar-refractivity contribution in [3.63, 3.8) is 0 Å². The van der Waals surface area contributed by atoms with E-state index in [4.69, 9.17) is 14.5 Å². The van der Waals surface area contributed by atoms with Gasteiger partial charge >= 0.3 is 5.97 Å². The smallest absolute Gasteiger partial charge is 0.309 e. The molecular weight excluding hydrogens is 501 g/mol. The number of esters is 1. The van der Waals surface area contributed by atoms with Crippen LogP contribution in [0.25, 0.3) is 11.0 Å². The molecule has 0 bridgehead atoms. The van der Waals surface area contributed by atoms with E-state index in [0.717, 1.165) is 25.7 Å². The highest BCUT2D eigenvalue weighted by Gasteiger charge is 2.37. The van der Waals surface area contributed by atoms with Crippen molar-refractivity contribution in [1.29, 1.82) is 0 Å². The van der Waals surface area contributed by atoms with Crippen LogP contribution in [0.2, 0.25) is 0 Å². The topological polar surface area (TPSA) is 111 Å². The molecule has 3 aromatic rings. The van der Waals surface area contributed by atoms with E-state index in [9.17, 15) is 9.59 Å². The van der Waals surface area contributed by atoms with Crippen LogP contribution < -0.4 is 5.32 Å². The Kier molecular flexibility index (Phi) is 8.30. The van der Waals surface area contributed by atoms with Gasteiger partial charge in [-0.15, -0.1) is 0 Å². The summed E-state index contributed by atoms with van der Waals surface area (Å²) in [6.45, 7) is 7.50. The molecule has 1 aliphatic heterocycles. The minimum Gasteiger partial charge on any atom is -0.466 e. The lowest BCUT2D eigenvalue weighted by Crippen LogP contribution is -2.36. The maximum atomic E-state index is 16.1. The number of carbonyl (C=O) groups excluding carboxylic acids is 2. The van der Waals surface area contributed by atoms with Gasteiger partial charge in [0, 0.05) is 25.3 Å². The summed E-state index contributed by atoms with van der Waals surface area (Å²) in [5, 5.41) is 7.42. The Morgan fingerprint density at radius 2 is 2.00 bits per heavy atom. The average Bonchev–Trinajstić information content (AvgIpc) is 3.60. The summed E-state index contributed by atoms with van der Waals surface area (Å²) in [5.41, 5.74) is 1.66. The zero-order chi connectivity index (χ0) is 27.5. The van der Waals surface area contributed by atoms with Gasteiger partial charge in [-0.05, 0) is 62.6 Å². The van der Waals surface area contributed by atoms with Crippen LogP contribution in [0.5, 0.6) is 0 Å². The maximum absolute atomic E-state index is 16.1. The predicted octanol–water partition coefficient (Wildman–Crippen LogP) is 4.90. The molecule has 5 rings (SSSR count). The van der Waals surface area contributed by atoms with Gasteiger partial charge in [0.05, 0.1) is 30.7 Å². The quantitative estimate of drug-likeness (QED) is 0.394. The highest BCUT2D eigenvalue weighted by molar-refractivity contribution is 5.92. The standard InChI is InChI=1S/C29H38FN5O4/c1-4-35-23(12-14-31-35)28(36)34-25(18-8-6-17(3)7-9-18)27-32-22-11-10-19(24(30)26(22)33-27)21-16-38-15-13-20(21)29(37)39-5-2/h10-12,14,17-18,20-21,25H,4-9,13,15-16H2,1-3H3,(H,32,33)(H,34,36)/t17-,18-,20?,21?,25-/m0/s1. The molecule has 1 saturated heterocycles. The van der Waals surface area contributed by atoms with E-state index in [1.54, 1.807) is 36.0 Å². The van der Waals surface area contributed by atoms with Gasteiger partial charge in [-0.2, -0.15) is 5.10 Å². The molecule has 3 atom stereocenters. The number of hydrogen-bond acceptors (Lipinski definition) is 6. The fourth-order valence-corrected chi connectivity index (χ4v) is 6.11. The first-order chi connectivity index (χ1) is 18.9. The number of amides is 1. The van der Waals surface area contributed by atoms with E-state index in [2.05, 4.69) is 22.3 Å². The molecular formula is C29H38FN5O4. The molecule has 0 radical (unpaired) electrons. The molecule has 2 aromatic heterocycles. The number of rotatable bonds is 8. The van der Waals surface area contributed by atoms with Gasteiger partial charge in [0.2, 0.25) is 0 Å². The molecule has 1 aromatic carbocycles. The van der Waals surface area contributed by atoms with Crippen LogP contribution in [0.15, 0.2) is 24.4 Å². The Hall–Kier alpha value is -3.27. The minimum atomic E-state index is -0.465. The first-order valence-electron chi connectivity index (χ1n) is 14.2. The zero-order valence-electron chi connectivity index (χ0n) is 22.9. The normalized spacial score (nSPS) is 24.4. The van der Waals surface area contributed by atoms with Crippen molar-refractivity contribution in [1.82, 2.24) is 25.1 Å². The Bertz CT molecular complexity index is 1310. The number of carbonyl (C=O) groups is 2. The first-order valence-corrected chi connectivity index (χ1v) is 14.2. The number of H-pyrrole nitrogens is 1. The van der Waals surface area contributed by atoms with Gasteiger partial charge in [0.15, 0.2) is 5.82 Å². The first kappa shape index (κ1) is 27.3.